The maximum Gasteiger partial charge on any atom is 0.228 e. The number of nitrogens with one attached hydrogen (secondary N) is 2. The largest absolute Gasteiger partial charge is 0.387 e. The van der Waals surface area contributed by atoms with Gasteiger partial charge in [-0.05, 0) is 44.0 Å². The molecule has 2 rings (SSSR count). The number of piperidine rings is 1. The molecule has 1 aromatic carbocycles. The molecule has 1 atom stereocenters. The number of hydrogen-bond donors (Lipinski definition) is 3. The smallest absolute Gasteiger partial charge is 0.228 e. The van der Waals surface area contributed by atoms with Gasteiger partial charge in [0.15, 0.2) is 0 Å². The molecule has 122 valence electrons. The summed E-state index contributed by atoms with van der Waals surface area (Å²) < 4.78 is 5.27. The van der Waals surface area contributed by atoms with E-state index in [1.54, 1.807) is 7.11 Å². The molecule has 1 amide bonds. The lowest BCUT2D eigenvalue weighted by atomic mass is 9.78. The van der Waals surface area contributed by atoms with Gasteiger partial charge in [0, 0.05) is 13.7 Å². The molecular formula is C17H26N2O3. The van der Waals surface area contributed by atoms with Crippen LogP contribution in [0.3, 0.4) is 0 Å². The van der Waals surface area contributed by atoms with Crippen molar-refractivity contribution < 1.29 is 14.6 Å². The minimum atomic E-state index is -0.688. The van der Waals surface area contributed by atoms with Gasteiger partial charge in [-0.1, -0.05) is 24.3 Å². The van der Waals surface area contributed by atoms with Crippen LogP contribution < -0.4 is 10.6 Å². The van der Waals surface area contributed by atoms with Crippen molar-refractivity contribution in [2.45, 2.75) is 25.9 Å². The Balaban J connectivity index is 1.97. The van der Waals surface area contributed by atoms with Crippen LogP contribution in [0.2, 0.25) is 0 Å². The molecule has 1 aliphatic heterocycles. The van der Waals surface area contributed by atoms with E-state index in [-0.39, 0.29) is 12.5 Å². The van der Waals surface area contributed by atoms with Gasteiger partial charge in [-0.15, -0.1) is 0 Å². The summed E-state index contributed by atoms with van der Waals surface area (Å²) in [6.45, 7) is 4.23. The molecule has 0 bridgehead atoms. The zero-order chi connectivity index (χ0) is 16.0. The van der Waals surface area contributed by atoms with E-state index >= 15 is 0 Å². The number of rotatable bonds is 6. The minimum Gasteiger partial charge on any atom is -0.387 e. The first-order valence-electron chi connectivity index (χ1n) is 7.80. The Morgan fingerprint density at radius 1 is 1.41 bits per heavy atom. The SMILES string of the molecule is COCC1(C(=O)NCC(O)c2ccccc2C)CCNCC1. The molecule has 3 N–H and O–H groups in total. The Kier molecular flexibility index (Phi) is 5.94. The molecule has 1 saturated heterocycles. The van der Waals surface area contributed by atoms with Crippen LogP contribution in [0.1, 0.15) is 30.1 Å². The average molecular weight is 306 g/mol. The third kappa shape index (κ3) is 3.85. The molecule has 0 saturated carbocycles. The number of hydrogen-bond acceptors (Lipinski definition) is 4. The van der Waals surface area contributed by atoms with Gasteiger partial charge in [-0.2, -0.15) is 0 Å². The molecular weight excluding hydrogens is 280 g/mol. The van der Waals surface area contributed by atoms with Crippen LogP contribution in [0.4, 0.5) is 0 Å². The summed E-state index contributed by atoms with van der Waals surface area (Å²) in [5, 5.41) is 16.5. The van der Waals surface area contributed by atoms with Gasteiger partial charge in [0.2, 0.25) is 5.91 Å². The molecule has 0 aliphatic carbocycles. The van der Waals surface area contributed by atoms with Gasteiger partial charge in [0.25, 0.3) is 0 Å². The number of methoxy groups -OCH3 is 1. The Labute approximate surface area is 132 Å². The Hall–Kier alpha value is -1.43. The summed E-state index contributed by atoms with van der Waals surface area (Å²) in [5.74, 6) is -0.0246. The Bertz CT molecular complexity index is 493. The number of carbonyl (C=O) groups excluding carboxylic acids is 1. The summed E-state index contributed by atoms with van der Waals surface area (Å²) >= 11 is 0. The van der Waals surface area contributed by atoms with Crippen LogP contribution in [-0.4, -0.2) is 44.4 Å². The first-order valence-corrected chi connectivity index (χ1v) is 7.80. The molecule has 1 unspecified atom stereocenters. The second kappa shape index (κ2) is 7.72. The molecule has 1 fully saturated rings. The molecule has 0 spiro atoms. The zero-order valence-electron chi connectivity index (χ0n) is 13.4. The van der Waals surface area contributed by atoms with Crippen LogP contribution in [0.15, 0.2) is 24.3 Å². The van der Waals surface area contributed by atoms with E-state index in [4.69, 9.17) is 4.74 Å². The molecule has 5 nitrogen and oxygen atoms in total. The number of ether oxygens (including phenoxy) is 1. The van der Waals surface area contributed by atoms with Crippen molar-refractivity contribution in [2.24, 2.45) is 5.41 Å². The van der Waals surface area contributed by atoms with Gasteiger partial charge in [0.1, 0.15) is 0 Å². The highest BCUT2D eigenvalue weighted by atomic mass is 16.5. The zero-order valence-corrected chi connectivity index (χ0v) is 13.4. The van der Waals surface area contributed by atoms with Crippen molar-refractivity contribution in [1.29, 1.82) is 0 Å². The minimum absolute atomic E-state index is 0.0246. The lowest BCUT2D eigenvalue weighted by Crippen LogP contribution is -2.50. The standard InChI is InChI=1S/C17H26N2O3/c1-13-5-3-4-6-14(13)15(20)11-19-16(21)17(12-22-2)7-9-18-10-8-17/h3-6,15,18,20H,7-12H2,1-2H3,(H,19,21). The molecule has 1 heterocycles. The molecule has 1 aromatic rings. The molecule has 0 aromatic heterocycles. The first kappa shape index (κ1) is 16.9. The van der Waals surface area contributed by atoms with Crippen LogP contribution in [0.25, 0.3) is 0 Å². The quantitative estimate of drug-likeness (QED) is 0.737. The van der Waals surface area contributed by atoms with Gasteiger partial charge in [-0.25, -0.2) is 0 Å². The third-order valence-electron chi connectivity index (χ3n) is 4.47. The van der Waals surface area contributed by atoms with Gasteiger partial charge < -0.3 is 20.5 Å². The number of benzene rings is 1. The fourth-order valence-corrected chi connectivity index (χ4v) is 3.07. The molecule has 5 heteroatoms. The van der Waals surface area contributed by atoms with Gasteiger partial charge >= 0.3 is 0 Å². The lowest BCUT2D eigenvalue weighted by molar-refractivity contribution is -0.136. The summed E-state index contributed by atoms with van der Waals surface area (Å²) in [5.41, 5.74) is 1.40. The number of aliphatic hydroxyl groups excluding tert-OH is 1. The van der Waals surface area contributed by atoms with E-state index in [9.17, 15) is 9.90 Å². The summed E-state index contributed by atoms with van der Waals surface area (Å²) in [4.78, 5) is 12.6. The summed E-state index contributed by atoms with van der Waals surface area (Å²) in [6.07, 6.45) is 0.826. The number of aryl methyl sites for hydroxylation is 1. The lowest BCUT2D eigenvalue weighted by Gasteiger charge is -2.35. The highest BCUT2D eigenvalue weighted by molar-refractivity contribution is 5.83. The topological polar surface area (TPSA) is 70.6 Å². The van der Waals surface area contributed by atoms with E-state index in [0.717, 1.165) is 37.1 Å². The van der Waals surface area contributed by atoms with Crippen molar-refractivity contribution >= 4 is 5.91 Å². The first-order chi connectivity index (χ1) is 10.6. The second-order valence-electron chi connectivity index (χ2n) is 6.05. The third-order valence-corrected chi connectivity index (χ3v) is 4.47. The predicted octanol–water partition coefficient (Wildman–Crippen LogP) is 1.16. The predicted molar refractivity (Wildman–Crippen MR) is 85.6 cm³/mol. The van der Waals surface area contributed by atoms with E-state index in [0.29, 0.717) is 6.61 Å². The number of amides is 1. The van der Waals surface area contributed by atoms with E-state index < -0.39 is 11.5 Å². The Morgan fingerprint density at radius 3 is 2.73 bits per heavy atom. The van der Waals surface area contributed by atoms with E-state index in [1.807, 2.05) is 31.2 Å². The average Bonchev–Trinajstić information content (AvgIpc) is 2.54. The highest BCUT2D eigenvalue weighted by Gasteiger charge is 2.39. The Morgan fingerprint density at radius 2 is 2.09 bits per heavy atom. The van der Waals surface area contributed by atoms with Crippen molar-refractivity contribution in [1.82, 2.24) is 10.6 Å². The summed E-state index contributed by atoms with van der Waals surface area (Å²) in [6, 6.07) is 7.68. The van der Waals surface area contributed by atoms with Crippen LogP contribution in [0.5, 0.6) is 0 Å². The van der Waals surface area contributed by atoms with E-state index in [1.165, 1.54) is 0 Å². The fraction of sp³-hybridized carbons (Fsp3) is 0.588. The second-order valence-corrected chi connectivity index (χ2v) is 6.05. The maximum atomic E-state index is 12.6. The maximum absolute atomic E-state index is 12.6. The van der Waals surface area contributed by atoms with Crippen LogP contribution in [0, 0.1) is 12.3 Å². The fourth-order valence-electron chi connectivity index (χ4n) is 3.07. The van der Waals surface area contributed by atoms with Crippen molar-refractivity contribution in [3.8, 4) is 0 Å². The number of carbonyl (C=O) groups is 1. The normalized spacial score (nSPS) is 18.7. The van der Waals surface area contributed by atoms with Gasteiger partial charge in [0.05, 0.1) is 18.1 Å². The van der Waals surface area contributed by atoms with Crippen LogP contribution >= 0.6 is 0 Å². The summed E-state index contributed by atoms with van der Waals surface area (Å²) in [7, 11) is 1.62. The highest BCUT2D eigenvalue weighted by Crippen LogP contribution is 2.29. The van der Waals surface area contributed by atoms with Gasteiger partial charge in [-0.3, -0.25) is 4.79 Å². The molecule has 1 aliphatic rings. The van der Waals surface area contributed by atoms with E-state index in [2.05, 4.69) is 10.6 Å². The van der Waals surface area contributed by atoms with Crippen LogP contribution in [-0.2, 0) is 9.53 Å². The van der Waals surface area contributed by atoms with Crippen molar-refractivity contribution in [3.05, 3.63) is 35.4 Å². The molecule has 22 heavy (non-hydrogen) atoms. The molecule has 0 radical (unpaired) electrons. The monoisotopic (exact) mass is 306 g/mol. The van der Waals surface area contributed by atoms with Crippen molar-refractivity contribution in [2.75, 3.05) is 33.4 Å². The number of aliphatic hydroxyl groups is 1. The van der Waals surface area contributed by atoms with Crippen molar-refractivity contribution in [3.63, 3.8) is 0 Å².